The normalized spacial score (nSPS) is 11.4. The van der Waals surface area contributed by atoms with Crippen molar-refractivity contribution in [1.82, 2.24) is 0 Å². The van der Waals surface area contributed by atoms with Crippen molar-refractivity contribution in [2.24, 2.45) is 0 Å². The lowest BCUT2D eigenvalue weighted by molar-refractivity contribution is -0.00108. The van der Waals surface area contributed by atoms with E-state index in [9.17, 15) is 0 Å². The van der Waals surface area contributed by atoms with E-state index in [1.165, 1.54) is 0 Å². The van der Waals surface area contributed by atoms with Crippen molar-refractivity contribution in [2.75, 3.05) is 26.4 Å². The molecule has 4 heteroatoms. The van der Waals surface area contributed by atoms with Crippen LogP contribution in [0, 0.1) is 0 Å². The molecule has 0 bridgehead atoms. The SMILES string of the molecule is CC(C)OCCCOC(C)C.CC(C)OCCOC(C)C. The number of hydrogen-bond donors (Lipinski definition) is 0. The summed E-state index contributed by atoms with van der Waals surface area (Å²) in [5.41, 5.74) is 0. The predicted octanol–water partition coefficient (Wildman–Crippen LogP) is 4.06. The molecule has 0 aromatic heterocycles. The molecule has 0 N–H and O–H groups in total. The van der Waals surface area contributed by atoms with Crippen LogP contribution in [-0.2, 0) is 18.9 Å². The molecule has 0 unspecified atom stereocenters. The Morgan fingerprint density at radius 2 is 0.667 bits per heavy atom. The summed E-state index contributed by atoms with van der Waals surface area (Å²) in [6, 6.07) is 0. The highest BCUT2D eigenvalue weighted by Crippen LogP contribution is 1.93. The number of hydrogen-bond acceptors (Lipinski definition) is 4. The molecule has 0 spiro atoms. The first-order valence-electron chi connectivity index (χ1n) is 8.22. The molecule has 130 valence electrons. The van der Waals surface area contributed by atoms with Gasteiger partial charge in [-0.2, -0.15) is 0 Å². The Kier molecular flexibility index (Phi) is 17.8. The molecular weight excluding hydrogens is 268 g/mol. The summed E-state index contributed by atoms with van der Waals surface area (Å²) in [4.78, 5) is 0. The predicted molar refractivity (Wildman–Crippen MR) is 89.0 cm³/mol. The van der Waals surface area contributed by atoms with Gasteiger partial charge in [0.2, 0.25) is 0 Å². The monoisotopic (exact) mass is 306 g/mol. The lowest BCUT2D eigenvalue weighted by Gasteiger charge is -2.09. The topological polar surface area (TPSA) is 36.9 Å². The van der Waals surface area contributed by atoms with Gasteiger partial charge >= 0.3 is 0 Å². The largest absolute Gasteiger partial charge is 0.379 e. The quantitative estimate of drug-likeness (QED) is 0.539. The minimum atomic E-state index is 0.316. The minimum Gasteiger partial charge on any atom is -0.379 e. The van der Waals surface area contributed by atoms with Gasteiger partial charge < -0.3 is 18.9 Å². The molecule has 0 aliphatic carbocycles. The first kappa shape index (κ1) is 23.1. The Labute approximate surface area is 132 Å². The highest BCUT2D eigenvalue weighted by atomic mass is 16.5. The molecule has 0 amide bonds. The zero-order valence-corrected chi connectivity index (χ0v) is 15.5. The number of ether oxygens (including phenoxy) is 4. The van der Waals surface area contributed by atoms with E-state index in [0.29, 0.717) is 37.6 Å². The Morgan fingerprint density at radius 1 is 0.429 bits per heavy atom. The lowest BCUT2D eigenvalue weighted by Crippen LogP contribution is -2.12. The van der Waals surface area contributed by atoms with Crippen molar-refractivity contribution in [2.45, 2.75) is 86.2 Å². The minimum absolute atomic E-state index is 0.316. The zero-order valence-electron chi connectivity index (χ0n) is 15.5. The molecule has 0 fully saturated rings. The summed E-state index contributed by atoms with van der Waals surface area (Å²) in [7, 11) is 0. The van der Waals surface area contributed by atoms with Crippen LogP contribution in [-0.4, -0.2) is 50.8 Å². The van der Waals surface area contributed by atoms with E-state index in [-0.39, 0.29) is 0 Å². The Bertz CT molecular complexity index is 171. The smallest absolute Gasteiger partial charge is 0.0704 e. The maximum atomic E-state index is 5.34. The molecule has 0 aliphatic rings. The average Bonchev–Trinajstić information content (AvgIpc) is 2.34. The molecule has 0 rings (SSSR count). The van der Waals surface area contributed by atoms with Gasteiger partial charge in [0.05, 0.1) is 37.6 Å². The van der Waals surface area contributed by atoms with Crippen LogP contribution >= 0.6 is 0 Å². The van der Waals surface area contributed by atoms with Gasteiger partial charge in [-0.3, -0.25) is 0 Å². The van der Waals surface area contributed by atoms with Crippen LogP contribution in [0.15, 0.2) is 0 Å². The molecule has 4 nitrogen and oxygen atoms in total. The molecule has 0 aliphatic heterocycles. The van der Waals surface area contributed by atoms with Gasteiger partial charge in [0, 0.05) is 13.2 Å². The molecular formula is C17H38O4. The summed E-state index contributed by atoms with van der Waals surface area (Å²) in [6.07, 6.45) is 2.31. The van der Waals surface area contributed by atoms with Crippen molar-refractivity contribution in [3.05, 3.63) is 0 Å². The molecule has 0 atom stereocenters. The summed E-state index contributed by atoms with van der Waals surface area (Å²) in [6.45, 7) is 19.3. The van der Waals surface area contributed by atoms with Crippen LogP contribution in [0.2, 0.25) is 0 Å². The Balaban J connectivity index is 0. The second kappa shape index (κ2) is 16.2. The van der Waals surface area contributed by atoms with Crippen molar-refractivity contribution < 1.29 is 18.9 Å². The third-order valence-electron chi connectivity index (χ3n) is 2.18. The molecule has 0 aromatic rings. The highest BCUT2D eigenvalue weighted by Gasteiger charge is 1.95. The fraction of sp³-hybridized carbons (Fsp3) is 1.00. The fourth-order valence-electron chi connectivity index (χ4n) is 1.26. The van der Waals surface area contributed by atoms with Gasteiger partial charge in [0.25, 0.3) is 0 Å². The third kappa shape index (κ3) is 28.7. The van der Waals surface area contributed by atoms with Gasteiger partial charge in [-0.15, -0.1) is 0 Å². The van der Waals surface area contributed by atoms with Gasteiger partial charge in [-0.25, -0.2) is 0 Å². The second-order valence-electron chi connectivity index (χ2n) is 6.03. The molecule has 0 radical (unpaired) electrons. The van der Waals surface area contributed by atoms with Crippen molar-refractivity contribution in [1.29, 1.82) is 0 Å². The van der Waals surface area contributed by atoms with Crippen LogP contribution in [0.3, 0.4) is 0 Å². The Hall–Kier alpha value is -0.160. The lowest BCUT2D eigenvalue weighted by atomic mass is 10.4. The van der Waals surface area contributed by atoms with Crippen molar-refractivity contribution in [3.8, 4) is 0 Å². The van der Waals surface area contributed by atoms with Crippen molar-refractivity contribution in [3.63, 3.8) is 0 Å². The van der Waals surface area contributed by atoms with E-state index in [1.54, 1.807) is 0 Å². The van der Waals surface area contributed by atoms with E-state index in [2.05, 4.69) is 0 Å². The van der Waals surface area contributed by atoms with Crippen molar-refractivity contribution >= 4 is 0 Å². The first-order chi connectivity index (χ1) is 9.75. The van der Waals surface area contributed by atoms with Gasteiger partial charge in [0.1, 0.15) is 0 Å². The van der Waals surface area contributed by atoms with E-state index >= 15 is 0 Å². The summed E-state index contributed by atoms with van der Waals surface area (Å²) < 4.78 is 21.2. The molecule has 0 heterocycles. The van der Waals surface area contributed by atoms with E-state index < -0.39 is 0 Å². The van der Waals surface area contributed by atoms with Crippen LogP contribution in [0.5, 0.6) is 0 Å². The van der Waals surface area contributed by atoms with E-state index in [0.717, 1.165) is 19.6 Å². The summed E-state index contributed by atoms with van der Waals surface area (Å²) in [5.74, 6) is 0. The average molecular weight is 306 g/mol. The summed E-state index contributed by atoms with van der Waals surface area (Å²) >= 11 is 0. The molecule has 0 saturated heterocycles. The maximum Gasteiger partial charge on any atom is 0.0704 e. The summed E-state index contributed by atoms with van der Waals surface area (Å²) in [5, 5.41) is 0. The molecule has 21 heavy (non-hydrogen) atoms. The van der Waals surface area contributed by atoms with Crippen LogP contribution in [0.25, 0.3) is 0 Å². The third-order valence-corrected chi connectivity index (χ3v) is 2.18. The zero-order chi connectivity index (χ0) is 16.7. The van der Waals surface area contributed by atoms with Gasteiger partial charge in [0.15, 0.2) is 0 Å². The fourth-order valence-corrected chi connectivity index (χ4v) is 1.26. The maximum absolute atomic E-state index is 5.34. The van der Waals surface area contributed by atoms with Gasteiger partial charge in [-0.1, -0.05) is 0 Å². The standard InChI is InChI=1S/C9H20O2.C8H18O2/c1-8(2)10-6-5-7-11-9(3)4;1-7(2)9-5-6-10-8(3)4/h8-9H,5-7H2,1-4H3;7-8H,5-6H2,1-4H3. The first-order valence-corrected chi connectivity index (χ1v) is 8.22. The van der Waals surface area contributed by atoms with Crippen LogP contribution in [0.4, 0.5) is 0 Å². The van der Waals surface area contributed by atoms with E-state index in [1.807, 2.05) is 55.4 Å². The van der Waals surface area contributed by atoms with Crippen LogP contribution < -0.4 is 0 Å². The van der Waals surface area contributed by atoms with Crippen LogP contribution in [0.1, 0.15) is 61.8 Å². The number of rotatable bonds is 11. The molecule has 0 aromatic carbocycles. The molecule has 0 saturated carbocycles. The van der Waals surface area contributed by atoms with E-state index in [4.69, 9.17) is 18.9 Å². The Morgan fingerprint density at radius 3 is 0.905 bits per heavy atom. The van der Waals surface area contributed by atoms with Gasteiger partial charge in [-0.05, 0) is 61.8 Å². The second-order valence-corrected chi connectivity index (χ2v) is 6.03. The highest BCUT2D eigenvalue weighted by molar-refractivity contribution is 4.41.